The summed E-state index contributed by atoms with van der Waals surface area (Å²) in [5.41, 5.74) is 3.21. The predicted molar refractivity (Wildman–Crippen MR) is 87.0 cm³/mol. The average Bonchev–Trinajstić information content (AvgIpc) is 2.44. The van der Waals surface area contributed by atoms with Gasteiger partial charge in [0.05, 0.1) is 12.2 Å². The number of fused-ring (bicyclic) bond motifs is 1. The highest BCUT2D eigenvalue weighted by Gasteiger charge is 2.26. The number of rotatable bonds is 2. The van der Waals surface area contributed by atoms with Crippen molar-refractivity contribution < 1.29 is 9.53 Å². The molecule has 0 saturated carbocycles. The van der Waals surface area contributed by atoms with Gasteiger partial charge in [0.1, 0.15) is 5.75 Å². The first kappa shape index (κ1) is 13.4. The van der Waals surface area contributed by atoms with Gasteiger partial charge in [-0.25, -0.2) is 0 Å². The molecule has 0 aliphatic carbocycles. The molecule has 0 spiro atoms. The summed E-state index contributed by atoms with van der Waals surface area (Å²) in [7, 11) is 0. The molecule has 20 heavy (non-hydrogen) atoms. The molecule has 3 nitrogen and oxygen atoms in total. The van der Waals surface area contributed by atoms with Gasteiger partial charge in [-0.3, -0.25) is 4.79 Å². The van der Waals surface area contributed by atoms with E-state index >= 15 is 0 Å². The number of benzene rings is 2. The lowest BCUT2D eigenvalue weighted by Gasteiger charge is -2.30. The lowest BCUT2D eigenvalue weighted by atomic mass is 10.1. The van der Waals surface area contributed by atoms with Crippen LogP contribution in [0.25, 0.3) is 0 Å². The van der Waals surface area contributed by atoms with E-state index in [0.717, 1.165) is 20.6 Å². The van der Waals surface area contributed by atoms with Crippen LogP contribution in [0.2, 0.25) is 0 Å². The molecule has 0 saturated heterocycles. The quantitative estimate of drug-likeness (QED) is 0.748. The molecule has 0 atom stereocenters. The number of ether oxygens (including phenoxy) is 1. The third-order valence-corrected chi connectivity index (χ3v) is 4.12. The zero-order valence-corrected chi connectivity index (χ0v) is 13.3. The van der Waals surface area contributed by atoms with E-state index in [0.29, 0.717) is 6.54 Å². The molecule has 0 unspecified atom stereocenters. The van der Waals surface area contributed by atoms with Crippen LogP contribution in [0.1, 0.15) is 11.1 Å². The molecule has 1 aliphatic rings. The second kappa shape index (κ2) is 5.44. The van der Waals surface area contributed by atoms with Crippen LogP contribution in [-0.2, 0) is 11.3 Å². The van der Waals surface area contributed by atoms with E-state index in [1.54, 1.807) is 0 Å². The molecule has 0 N–H and O–H groups in total. The van der Waals surface area contributed by atoms with Gasteiger partial charge < -0.3 is 9.64 Å². The molecule has 0 fully saturated rings. The summed E-state index contributed by atoms with van der Waals surface area (Å²) < 4.78 is 6.59. The van der Waals surface area contributed by atoms with Crippen molar-refractivity contribution in [2.75, 3.05) is 11.5 Å². The zero-order valence-electron chi connectivity index (χ0n) is 11.1. The fraction of sp³-hybridized carbons (Fsp3) is 0.188. The summed E-state index contributed by atoms with van der Waals surface area (Å²) in [6, 6.07) is 14.0. The molecule has 4 heteroatoms. The van der Waals surface area contributed by atoms with Gasteiger partial charge in [-0.15, -0.1) is 0 Å². The summed E-state index contributed by atoms with van der Waals surface area (Å²) >= 11 is 2.25. The van der Waals surface area contributed by atoms with Crippen molar-refractivity contribution in [2.45, 2.75) is 13.5 Å². The third kappa shape index (κ3) is 2.52. The van der Waals surface area contributed by atoms with Gasteiger partial charge in [-0.05, 0) is 58.8 Å². The van der Waals surface area contributed by atoms with Crippen molar-refractivity contribution in [3.8, 4) is 5.75 Å². The Morgan fingerprint density at radius 2 is 2.05 bits per heavy atom. The van der Waals surface area contributed by atoms with E-state index < -0.39 is 0 Å². The first-order chi connectivity index (χ1) is 9.65. The largest absolute Gasteiger partial charge is 0.482 e. The minimum absolute atomic E-state index is 0.00255. The van der Waals surface area contributed by atoms with Crippen LogP contribution < -0.4 is 9.64 Å². The fourth-order valence-electron chi connectivity index (χ4n) is 2.31. The Bertz CT molecular complexity index is 669. The van der Waals surface area contributed by atoms with Crippen LogP contribution in [0, 0.1) is 10.5 Å². The number of aryl methyl sites for hydroxylation is 1. The number of anilines is 1. The average molecular weight is 379 g/mol. The molecule has 1 amide bonds. The maximum atomic E-state index is 12.2. The number of carbonyl (C=O) groups excluding carboxylic acids is 1. The maximum Gasteiger partial charge on any atom is 0.265 e. The van der Waals surface area contributed by atoms with Crippen molar-refractivity contribution >= 4 is 34.2 Å². The standard InChI is InChI=1S/C16H14INO2/c1-11-4-2-3-5-12(11)9-18-14-8-13(17)6-7-15(14)20-10-16(18)19/h2-8H,9-10H2,1H3. The molecule has 1 aliphatic heterocycles. The summed E-state index contributed by atoms with van der Waals surface area (Å²) in [5.74, 6) is 0.779. The van der Waals surface area contributed by atoms with Crippen molar-refractivity contribution in [2.24, 2.45) is 0 Å². The summed E-state index contributed by atoms with van der Waals surface area (Å²) in [4.78, 5) is 14.0. The second-order valence-corrected chi connectivity index (χ2v) is 6.05. The number of hydrogen-bond acceptors (Lipinski definition) is 2. The summed E-state index contributed by atoms with van der Waals surface area (Å²) in [6.07, 6.45) is 0. The zero-order chi connectivity index (χ0) is 14.1. The molecule has 102 valence electrons. The number of hydrogen-bond donors (Lipinski definition) is 0. The molecular weight excluding hydrogens is 365 g/mol. The molecule has 2 aromatic rings. The topological polar surface area (TPSA) is 29.5 Å². The normalized spacial score (nSPS) is 13.9. The number of nitrogens with zero attached hydrogens (tertiary/aromatic N) is 1. The third-order valence-electron chi connectivity index (χ3n) is 3.45. The van der Waals surface area contributed by atoms with Gasteiger partial charge in [-0.2, -0.15) is 0 Å². The first-order valence-electron chi connectivity index (χ1n) is 6.42. The van der Waals surface area contributed by atoms with E-state index in [1.165, 1.54) is 5.56 Å². The van der Waals surface area contributed by atoms with Gasteiger partial charge in [0.15, 0.2) is 6.61 Å². The second-order valence-electron chi connectivity index (χ2n) is 4.81. The minimum atomic E-state index is 0.00255. The van der Waals surface area contributed by atoms with E-state index in [4.69, 9.17) is 4.74 Å². The van der Waals surface area contributed by atoms with Gasteiger partial charge in [0, 0.05) is 3.57 Å². The SMILES string of the molecule is Cc1ccccc1CN1C(=O)COc2ccc(I)cc21. The van der Waals surface area contributed by atoms with Crippen LogP contribution in [0.4, 0.5) is 5.69 Å². The highest BCUT2D eigenvalue weighted by molar-refractivity contribution is 14.1. The Morgan fingerprint density at radius 3 is 2.85 bits per heavy atom. The van der Waals surface area contributed by atoms with E-state index in [1.807, 2.05) is 35.2 Å². The Labute approximate surface area is 131 Å². The van der Waals surface area contributed by atoms with Crippen LogP contribution in [-0.4, -0.2) is 12.5 Å². The Kier molecular flexibility index (Phi) is 3.65. The van der Waals surface area contributed by atoms with E-state index in [-0.39, 0.29) is 12.5 Å². The van der Waals surface area contributed by atoms with Crippen molar-refractivity contribution in [3.63, 3.8) is 0 Å². The Hall–Kier alpha value is -1.56. The van der Waals surface area contributed by atoms with Gasteiger partial charge in [0.25, 0.3) is 5.91 Å². The Balaban J connectivity index is 1.99. The van der Waals surface area contributed by atoms with Crippen LogP contribution in [0.5, 0.6) is 5.75 Å². The molecule has 1 heterocycles. The fourth-order valence-corrected chi connectivity index (χ4v) is 2.78. The monoisotopic (exact) mass is 379 g/mol. The van der Waals surface area contributed by atoms with Gasteiger partial charge in [-0.1, -0.05) is 24.3 Å². The Morgan fingerprint density at radius 1 is 1.25 bits per heavy atom. The highest BCUT2D eigenvalue weighted by Crippen LogP contribution is 2.34. The lowest BCUT2D eigenvalue weighted by molar-refractivity contribution is -0.121. The molecule has 0 radical (unpaired) electrons. The smallest absolute Gasteiger partial charge is 0.265 e. The summed E-state index contributed by atoms with van der Waals surface area (Å²) in [5, 5.41) is 0. The summed E-state index contributed by atoms with van der Waals surface area (Å²) in [6.45, 7) is 2.76. The van der Waals surface area contributed by atoms with Gasteiger partial charge in [0.2, 0.25) is 0 Å². The van der Waals surface area contributed by atoms with Gasteiger partial charge >= 0.3 is 0 Å². The number of halogens is 1. The van der Waals surface area contributed by atoms with Crippen LogP contribution in [0.3, 0.4) is 0 Å². The van der Waals surface area contributed by atoms with E-state index in [9.17, 15) is 4.79 Å². The molecule has 0 bridgehead atoms. The first-order valence-corrected chi connectivity index (χ1v) is 7.50. The van der Waals surface area contributed by atoms with Crippen molar-refractivity contribution in [1.29, 1.82) is 0 Å². The maximum absolute atomic E-state index is 12.2. The molecular formula is C16H14INO2. The minimum Gasteiger partial charge on any atom is -0.482 e. The predicted octanol–water partition coefficient (Wildman–Crippen LogP) is 3.53. The number of amides is 1. The van der Waals surface area contributed by atoms with Crippen LogP contribution in [0.15, 0.2) is 42.5 Å². The molecule has 2 aromatic carbocycles. The van der Waals surface area contributed by atoms with Crippen molar-refractivity contribution in [3.05, 3.63) is 57.2 Å². The van der Waals surface area contributed by atoms with Crippen molar-refractivity contribution in [1.82, 2.24) is 0 Å². The van der Waals surface area contributed by atoms with Crippen LogP contribution >= 0.6 is 22.6 Å². The number of carbonyl (C=O) groups is 1. The lowest BCUT2D eigenvalue weighted by Crippen LogP contribution is -2.38. The molecule has 0 aromatic heterocycles. The molecule has 3 rings (SSSR count). The van der Waals surface area contributed by atoms with E-state index in [2.05, 4.69) is 41.6 Å². The highest BCUT2D eigenvalue weighted by atomic mass is 127.